The number of fused-ring (bicyclic) bond motifs is 1. The molecule has 1 unspecified atom stereocenters. The number of carbonyl (C=O) groups is 2. The number of halogens is 1. The van der Waals surface area contributed by atoms with Crippen LogP contribution in [0.25, 0.3) is 27.6 Å². The van der Waals surface area contributed by atoms with Crippen LogP contribution < -0.4 is 16.4 Å². The van der Waals surface area contributed by atoms with Crippen LogP contribution in [0, 0.1) is 6.92 Å². The molecular weight excluding hydrogens is 544 g/mol. The molecule has 0 fully saturated rings. The maximum absolute atomic E-state index is 13.6. The van der Waals surface area contributed by atoms with E-state index in [0.29, 0.717) is 38.3 Å². The molecule has 3 aromatic carbocycles. The first-order valence-electron chi connectivity index (χ1n) is 12.8. The Bertz CT molecular complexity index is 1920. The number of nitrogens with one attached hydrogen (secondary N) is 1. The molecule has 10 heteroatoms. The van der Waals surface area contributed by atoms with Gasteiger partial charge in [0.15, 0.2) is 6.10 Å². The van der Waals surface area contributed by atoms with E-state index in [9.17, 15) is 19.2 Å². The van der Waals surface area contributed by atoms with Crippen LogP contribution in [0.4, 0.5) is 5.69 Å². The lowest BCUT2D eigenvalue weighted by Gasteiger charge is -2.19. The number of hydrogen-bond donors (Lipinski definition) is 1. The summed E-state index contributed by atoms with van der Waals surface area (Å²) in [6, 6.07) is 22.8. The SMILES string of the molecule is Cc1c(NC(=O)C(C)OC(=O)c2c(-c3ccc(Cl)cc3)c3ccccc3c(=O)n2C)c(=O)n(-c2ccccc2)n1C. The predicted octanol–water partition coefficient (Wildman–Crippen LogP) is 4.84. The second kappa shape index (κ2) is 10.9. The Hall–Kier alpha value is -4.89. The fraction of sp³-hybridized carbons (Fsp3) is 0.161. The van der Waals surface area contributed by atoms with Crippen LogP contribution in [0.5, 0.6) is 0 Å². The number of ether oxygens (including phenoxy) is 1. The lowest BCUT2D eigenvalue weighted by Crippen LogP contribution is -2.34. The van der Waals surface area contributed by atoms with Gasteiger partial charge in [-0.2, -0.15) is 0 Å². The quantitative estimate of drug-likeness (QED) is 0.294. The van der Waals surface area contributed by atoms with Crippen molar-refractivity contribution in [1.29, 1.82) is 0 Å². The van der Waals surface area contributed by atoms with Crippen molar-refractivity contribution in [2.24, 2.45) is 14.1 Å². The molecule has 5 aromatic rings. The number of benzene rings is 3. The molecule has 1 N–H and O–H groups in total. The minimum atomic E-state index is -1.29. The largest absolute Gasteiger partial charge is 0.448 e. The second-order valence-electron chi connectivity index (χ2n) is 9.61. The summed E-state index contributed by atoms with van der Waals surface area (Å²) in [5.74, 6) is -1.56. The van der Waals surface area contributed by atoms with Crippen LogP contribution in [0.3, 0.4) is 0 Å². The number of hydrogen-bond acceptors (Lipinski definition) is 5. The first kappa shape index (κ1) is 27.7. The van der Waals surface area contributed by atoms with E-state index in [1.54, 1.807) is 79.3 Å². The summed E-state index contributed by atoms with van der Waals surface area (Å²) in [4.78, 5) is 53.2. The minimum absolute atomic E-state index is 0.0157. The molecule has 0 bridgehead atoms. The Morgan fingerprint density at radius 3 is 2.12 bits per heavy atom. The van der Waals surface area contributed by atoms with E-state index >= 15 is 0 Å². The summed E-state index contributed by atoms with van der Waals surface area (Å²) in [5.41, 5.74) is 1.52. The van der Waals surface area contributed by atoms with Gasteiger partial charge in [0, 0.05) is 30.1 Å². The molecule has 208 valence electrons. The van der Waals surface area contributed by atoms with E-state index in [4.69, 9.17) is 16.3 Å². The maximum atomic E-state index is 13.6. The van der Waals surface area contributed by atoms with Gasteiger partial charge in [-0.15, -0.1) is 0 Å². The van der Waals surface area contributed by atoms with E-state index < -0.39 is 23.5 Å². The Balaban J connectivity index is 1.49. The van der Waals surface area contributed by atoms with Gasteiger partial charge in [-0.1, -0.05) is 60.1 Å². The molecule has 2 aromatic heterocycles. The summed E-state index contributed by atoms with van der Waals surface area (Å²) in [5, 5.41) is 4.12. The second-order valence-corrected chi connectivity index (χ2v) is 10.0. The van der Waals surface area contributed by atoms with Crippen molar-refractivity contribution < 1.29 is 14.3 Å². The molecule has 1 amide bonds. The van der Waals surface area contributed by atoms with Gasteiger partial charge in [0.05, 0.1) is 11.4 Å². The van der Waals surface area contributed by atoms with Gasteiger partial charge < -0.3 is 14.6 Å². The van der Waals surface area contributed by atoms with Crippen molar-refractivity contribution in [3.63, 3.8) is 0 Å². The van der Waals surface area contributed by atoms with Crippen LogP contribution in [0.1, 0.15) is 23.1 Å². The lowest BCUT2D eigenvalue weighted by atomic mass is 9.96. The number of anilines is 1. The van der Waals surface area contributed by atoms with Crippen molar-refractivity contribution in [3.05, 3.63) is 116 Å². The molecule has 0 aliphatic rings. The summed E-state index contributed by atoms with van der Waals surface area (Å²) in [6.45, 7) is 3.11. The number of rotatable bonds is 6. The third-order valence-corrected chi connectivity index (χ3v) is 7.34. The van der Waals surface area contributed by atoms with Crippen molar-refractivity contribution in [2.45, 2.75) is 20.0 Å². The smallest absolute Gasteiger partial charge is 0.356 e. The number of aromatic nitrogens is 3. The first-order chi connectivity index (χ1) is 19.6. The zero-order valence-corrected chi connectivity index (χ0v) is 23.6. The number of esters is 1. The van der Waals surface area contributed by atoms with Gasteiger partial charge in [0.1, 0.15) is 11.4 Å². The molecule has 1 atom stereocenters. The molecular formula is C31H27ClN4O5. The molecule has 0 aliphatic carbocycles. The van der Waals surface area contributed by atoms with Crippen molar-refractivity contribution in [2.75, 3.05) is 5.32 Å². The van der Waals surface area contributed by atoms with Gasteiger partial charge in [-0.05, 0) is 55.1 Å². The molecule has 0 spiro atoms. The molecule has 2 heterocycles. The number of para-hydroxylation sites is 1. The highest BCUT2D eigenvalue weighted by Gasteiger charge is 2.28. The van der Waals surface area contributed by atoms with Gasteiger partial charge in [0.2, 0.25) is 0 Å². The fourth-order valence-corrected chi connectivity index (χ4v) is 4.95. The summed E-state index contributed by atoms with van der Waals surface area (Å²) < 4.78 is 9.88. The number of amides is 1. The highest BCUT2D eigenvalue weighted by Crippen LogP contribution is 2.32. The summed E-state index contributed by atoms with van der Waals surface area (Å²) in [7, 11) is 3.19. The van der Waals surface area contributed by atoms with Gasteiger partial charge in [0.25, 0.3) is 17.0 Å². The van der Waals surface area contributed by atoms with E-state index in [2.05, 4.69) is 5.32 Å². The average molecular weight is 571 g/mol. The normalized spacial score (nSPS) is 11.8. The zero-order valence-electron chi connectivity index (χ0n) is 22.8. The van der Waals surface area contributed by atoms with Crippen LogP contribution >= 0.6 is 11.6 Å². The van der Waals surface area contributed by atoms with E-state index in [1.165, 1.54) is 23.2 Å². The highest BCUT2D eigenvalue weighted by atomic mass is 35.5. The monoisotopic (exact) mass is 570 g/mol. The zero-order chi connectivity index (χ0) is 29.4. The van der Waals surface area contributed by atoms with Crippen molar-refractivity contribution >= 4 is 39.9 Å². The number of carbonyl (C=O) groups excluding carboxylic acids is 2. The van der Waals surface area contributed by atoms with Crippen molar-refractivity contribution in [3.8, 4) is 16.8 Å². The van der Waals surface area contributed by atoms with Crippen LogP contribution in [0.15, 0.2) is 88.5 Å². The van der Waals surface area contributed by atoms with Gasteiger partial charge >= 0.3 is 5.97 Å². The van der Waals surface area contributed by atoms with Crippen LogP contribution in [-0.2, 0) is 23.6 Å². The maximum Gasteiger partial charge on any atom is 0.356 e. The predicted molar refractivity (Wildman–Crippen MR) is 159 cm³/mol. The highest BCUT2D eigenvalue weighted by molar-refractivity contribution is 6.30. The third-order valence-electron chi connectivity index (χ3n) is 7.09. The van der Waals surface area contributed by atoms with Crippen LogP contribution in [0.2, 0.25) is 5.02 Å². The van der Waals surface area contributed by atoms with Crippen LogP contribution in [-0.4, -0.2) is 31.9 Å². The molecule has 0 saturated carbocycles. The van der Waals surface area contributed by atoms with E-state index in [1.807, 2.05) is 18.2 Å². The van der Waals surface area contributed by atoms with E-state index in [0.717, 1.165) is 0 Å². The molecule has 41 heavy (non-hydrogen) atoms. The first-order valence-corrected chi connectivity index (χ1v) is 13.2. The molecule has 9 nitrogen and oxygen atoms in total. The standard InChI is InChI=1S/C31H27ClN4O5/c1-18-26(30(39)36(35(18)4)22-10-6-5-7-11-22)33-28(37)19(2)41-31(40)27-25(20-14-16-21(32)17-15-20)23-12-8-9-13-24(23)29(38)34(27)3/h5-17,19H,1-4H3,(H,33,37). The Morgan fingerprint density at radius 2 is 1.46 bits per heavy atom. The third kappa shape index (κ3) is 4.96. The summed E-state index contributed by atoms with van der Waals surface area (Å²) in [6.07, 6.45) is -1.29. The minimum Gasteiger partial charge on any atom is -0.448 e. The topological polar surface area (TPSA) is 104 Å². The molecule has 0 saturated heterocycles. The Morgan fingerprint density at radius 1 is 0.854 bits per heavy atom. The molecule has 0 radical (unpaired) electrons. The number of pyridine rings is 1. The van der Waals surface area contributed by atoms with Crippen molar-refractivity contribution in [1.82, 2.24) is 13.9 Å². The number of nitrogens with zero attached hydrogens (tertiary/aromatic N) is 3. The van der Waals surface area contributed by atoms with E-state index in [-0.39, 0.29) is 16.9 Å². The molecule has 0 aliphatic heterocycles. The summed E-state index contributed by atoms with van der Waals surface area (Å²) >= 11 is 6.10. The fourth-order valence-electron chi connectivity index (χ4n) is 4.82. The lowest BCUT2D eigenvalue weighted by molar-refractivity contribution is -0.123. The Labute approximate surface area is 240 Å². The molecule has 5 rings (SSSR count). The van der Waals surface area contributed by atoms with Gasteiger partial charge in [-0.25, -0.2) is 9.48 Å². The van der Waals surface area contributed by atoms with Gasteiger partial charge in [-0.3, -0.25) is 19.1 Å². The Kier molecular flexibility index (Phi) is 7.38. The average Bonchev–Trinajstić information content (AvgIpc) is 3.18.